The molecule has 0 radical (unpaired) electrons. The second-order valence-corrected chi connectivity index (χ2v) is 12.6. The Hall–Kier alpha value is -2.40. The molecule has 0 aliphatic carbocycles. The number of hydrogen-bond acceptors (Lipinski definition) is 4. The Labute approximate surface area is 228 Å². The Balaban J connectivity index is 2.58. The Kier molecular flexibility index (Phi) is 10.4. The topological polar surface area (TPSA) is 90.0 Å². The largest absolute Gasteiger partial charge is 0.350 e. The van der Waals surface area contributed by atoms with Crippen LogP contribution in [0.4, 0.5) is 10.1 Å². The number of anilines is 1. The lowest BCUT2D eigenvalue weighted by Gasteiger charge is -2.35. The molecule has 8 nitrogen and oxygen atoms in total. The maximum Gasteiger partial charge on any atom is 0.304 e. The van der Waals surface area contributed by atoms with Gasteiger partial charge in [-0.05, 0) is 57.0 Å². The fourth-order valence-corrected chi connectivity index (χ4v) is 5.09. The molecule has 0 bridgehead atoms. The standard InChI is InChI=1S/C25H33Cl2FN4O4S/c1-7-21(24(34)29-25(2,3)4)31(15-17-12-13-18(26)14-19(17)27)23(33)16-32(37(35,36)30(5)6)22-11-9-8-10-20(22)28/h8-14,21H,7,15-16H2,1-6H3,(H,29,34). The van der Waals surface area contributed by atoms with Gasteiger partial charge in [-0.15, -0.1) is 0 Å². The summed E-state index contributed by atoms with van der Waals surface area (Å²) in [6, 6.07) is 9.05. The molecule has 2 rings (SSSR count). The van der Waals surface area contributed by atoms with Gasteiger partial charge in [-0.25, -0.2) is 8.70 Å². The minimum absolute atomic E-state index is 0.0992. The molecule has 1 atom stereocenters. The Bertz CT molecular complexity index is 1240. The molecule has 2 amide bonds. The molecule has 0 heterocycles. The van der Waals surface area contributed by atoms with E-state index < -0.39 is 46.0 Å². The van der Waals surface area contributed by atoms with Gasteiger partial charge in [-0.3, -0.25) is 9.59 Å². The number of para-hydroxylation sites is 1. The normalized spacial score (nSPS) is 12.8. The van der Waals surface area contributed by atoms with Crippen molar-refractivity contribution >= 4 is 50.9 Å². The van der Waals surface area contributed by atoms with Gasteiger partial charge in [0.05, 0.1) is 5.69 Å². The molecule has 0 spiro atoms. The summed E-state index contributed by atoms with van der Waals surface area (Å²) in [5, 5.41) is 3.55. The summed E-state index contributed by atoms with van der Waals surface area (Å²) in [5.41, 5.74) is -0.361. The highest BCUT2D eigenvalue weighted by atomic mass is 35.5. The third-order valence-electron chi connectivity index (χ3n) is 5.38. The molecule has 0 fully saturated rings. The second kappa shape index (κ2) is 12.4. The molecule has 0 saturated heterocycles. The minimum Gasteiger partial charge on any atom is -0.350 e. The van der Waals surface area contributed by atoms with Crippen molar-refractivity contribution in [3.8, 4) is 0 Å². The minimum atomic E-state index is -4.28. The zero-order chi connectivity index (χ0) is 28.1. The lowest BCUT2D eigenvalue weighted by molar-refractivity contribution is -0.141. The van der Waals surface area contributed by atoms with Crippen LogP contribution >= 0.6 is 23.2 Å². The Morgan fingerprint density at radius 3 is 2.22 bits per heavy atom. The predicted molar refractivity (Wildman–Crippen MR) is 145 cm³/mol. The van der Waals surface area contributed by atoms with Gasteiger partial charge in [-0.1, -0.05) is 48.3 Å². The number of halogens is 3. The van der Waals surface area contributed by atoms with E-state index in [4.69, 9.17) is 23.2 Å². The predicted octanol–water partition coefficient (Wildman–Crippen LogP) is 4.47. The second-order valence-electron chi connectivity index (χ2n) is 9.67. The van der Waals surface area contributed by atoms with Crippen molar-refractivity contribution in [2.45, 2.75) is 52.2 Å². The van der Waals surface area contributed by atoms with Crippen LogP contribution in [0.5, 0.6) is 0 Å². The molecule has 0 aromatic heterocycles. The van der Waals surface area contributed by atoms with Crippen molar-refractivity contribution in [3.05, 3.63) is 63.9 Å². The van der Waals surface area contributed by atoms with Crippen LogP contribution in [0.3, 0.4) is 0 Å². The average Bonchev–Trinajstić information content (AvgIpc) is 2.77. The SMILES string of the molecule is CCC(C(=O)NC(C)(C)C)N(Cc1ccc(Cl)cc1Cl)C(=O)CN(c1ccccc1F)S(=O)(=O)N(C)C. The van der Waals surface area contributed by atoms with Crippen molar-refractivity contribution < 1.29 is 22.4 Å². The fourth-order valence-electron chi connectivity index (χ4n) is 3.56. The number of rotatable bonds is 10. The molecule has 1 unspecified atom stereocenters. The van der Waals surface area contributed by atoms with Gasteiger partial charge in [0.1, 0.15) is 18.4 Å². The molecule has 0 aliphatic rings. The first-order valence-electron chi connectivity index (χ1n) is 11.6. The van der Waals surface area contributed by atoms with Gasteiger partial charge < -0.3 is 10.2 Å². The number of amides is 2. The molecule has 37 heavy (non-hydrogen) atoms. The van der Waals surface area contributed by atoms with E-state index in [0.717, 1.165) is 10.4 Å². The van der Waals surface area contributed by atoms with Crippen molar-refractivity contribution in [1.29, 1.82) is 0 Å². The molecule has 0 saturated carbocycles. The van der Waals surface area contributed by atoms with Gasteiger partial charge in [0.2, 0.25) is 11.8 Å². The zero-order valence-corrected chi connectivity index (χ0v) is 24.1. The summed E-state index contributed by atoms with van der Waals surface area (Å²) in [5.74, 6) is -1.94. The molecule has 2 aromatic carbocycles. The molecule has 2 aromatic rings. The third kappa shape index (κ3) is 8.04. The van der Waals surface area contributed by atoms with E-state index in [9.17, 15) is 22.4 Å². The van der Waals surface area contributed by atoms with Gasteiger partial charge in [0.25, 0.3) is 0 Å². The molecular formula is C25H33Cl2FN4O4S. The first kappa shape index (κ1) is 30.8. The Morgan fingerprint density at radius 1 is 1.08 bits per heavy atom. The van der Waals surface area contributed by atoms with E-state index in [1.165, 1.54) is 43.3 Å². The molecule has 1 N–H and O–H groups in total. The summed E-state index contributed by atoms with van der Waals surface area (Å²) in [6.45, 7) is 6.32. The Morgan fingerprint density at radius 2 is 1.70 bits per heavy atom. The van der Waals surface area contributed by atoms with E-state index in [0.29, 0.717) is 14.9 Å². The quantitative estimate of drug-likeness (QED) is 0.453. The molecule has 0 aliphatic heterocycles. The summed E-state index contributed by atoms with van der Waals surface area (Å²) in [7, 11) is -1.71. The van der Waals surface area contributed by atoms with Gasteiger partial charge in [0.15, 0.2) is 0 Å². The first-order chi connectivity index (χ1) is 17.1. The van der Waals surface area contributed by atoms with E-state index in [-0.39, 0.29) is 23.7 Å². The number of nitrogens with one attached hydrogen (secondary N) is 1. The smallest absolute Gasteiger partial charge is 0.304 e. The monoisotopic (exact) mass is 574 g/mol. The van der Waals surface area contributed by atoms with Crippen LogP contribution in [0, 0.1) is 5.82 Å². The molecule has 12 heteroatoms. The van der Waals surface area contributed by atoms with Gasteiger partial charge in [-0.2, -0.15) is 12.7 Å². The lowest BCUT2D eigenvalue weighted by Crippen LogP contribution is -2.55. The van der Waals surface area contributed by atoms with Gasteiger partial charge >= 0.3 is 10.2 Å². The van der Waals surface area contributed by atoms with Crippen LogP contribution in [-0.4, -0.2) is 61.7 Å². The van der Waals surface area contributed by atoms with Crippen molar-refractivity contribution in [1.82, 2.24) is 14.5 Å². The molecule has 204 valence electrons. The average molecular weight is 576 g/mol. The fraction of sp³-hybridized carbons (Fsp3) is 0.440. The molecular weight excluding hydrogens is 542 g/mol. The zero-order valence-electron chi connectivity index (χ0n) is 21.8. The third-order valence-corrected chi connectivity index (χ3v) is 7.77. The van der Waals surface area contributed by atoms with E-state index >= 15 is 0 Å². The van der Waals surface area contributed by atoms with Crippen molar-refractivity contribution in [3.63, 3.8) is 0 Å². The summed E-state index contributed by atoms with van der Waals surface area (Å²) < 4.78 is 42.6. The van der Waals surface area contributed by atoms with E-state index in [1.54, 1.807) is 19.1 Å². The number of benzene rings is 2. The van der Waals surface area contributed by atoms with E-state index in [1.807, 2.05) is 20.8 Å². The summed E-state index contributed by atoms with van der Waals surface area (Å²) >= 11 is 12.4. The van der Waals surface area contributed by atoms with Crippen LogP contribution < -0.4 is 9.62 Å². The number of hydrogen-bond donors (Lipinski definition) is 1. The summed E-state index contributed by atoms with van der Waals surface area (Å²) in [6.07, 6.45) is 0.235. The highest BCUT2D eigenvalue weighted by Gasteiger charge is 2.35. The van der Waals surface area contributed by atoms with Crippen LogP contribution in [0.15, 0.2) is 42.5 Å². The van der Waals surface area contributed by atoms with Crippen LogP contribution in [-0.2, 0) is 26.3 Å². The van der Waals surface area contributed by atoms with Crippen LogP contribution in [0.1, 0.15) is 39.7 Å². The van der Waals surface area contributed by atoms with Crippen LogP contribution in [0.25, 0.3) is 0 Å². The van der Waals surface area contributed by atoms with Crippen molar-refractivity contribution in [2.24, 2.45) is 0 Å². The van der Waals surface area contributed by atoms with E-state index in [2.05, 4.69) is 5.32 Å². The number of carbonyl (C=O) groups excluding carboxylic acids is 2. The number of nitrogens with zero attached hydrogens (tertiary/aromatic N) is 3. The maximum absolute atomic E-state index is 14.7. The summed E-state index contributed by atoms with van der Waals surface area (Å²) in [4.78, 5) is 28.3. The van der Waals surface area contributed by atoms with Crippen molar-refractivity contribution in [2.75, 3.05) is 24.9 Å². The highest BCUT2D eigenvalue weighted by Crippen LogP contribution is 2.26. The lowest BCUT2D eigenvalue weighted by atomic mass is 10.1. The van der Waals surface area contributed by atoms with Gasteiger partial charge in [0, 0.05) is 36.2 Å². The number of carbonyl (C=O) groups is 2. The first-order valence-corrected chi connectivity index (χ1v) is 13.7. The maximum atomic E-state index is 14.7. The van der Waals surface area contributed by atoms with Crippen LogP contribution in [0.2, 0.25) is 10.0 Å². The highest BCUT2D eigenvalue weighted by molar-refractivity contribution is 7.90.